The van der Waals surface area contributed by atoms with Gasteiger partial charge >= 0.3 is 0 Å². The molecule has 7 aromatic carbocycles. The number of pyridine rings is 1. The first-order chi connectivity index (χ1) is 25.8. The van der Waals surface area contributed by atoms with Crippen LogP contribution in [0.5, 0.6) is 0 Å². The molecule has 3 heterocycles. The fourth-order valence-electron chi connectivity index (χ4n) is 7.84. The van der Waals surface area contributed by atoms with Gasteiger partial charge in [-0.05, 0) is 71.8 Å². The van der Waals surface area contributed by atoms with Gasteiger partial charge in [-0.1, -0.05) is 121 Å². The van der Waals surface area contributed by atoms with Crippen molar-refractivity contribution in [2.45, 2.75) is 0 Å². The Hall–Kier alpha value is -7.22. The third kappa shape index (κ3) is 4.65. The Morgan fingerprint density at radius 3 is 1.87 bits per heavy atom. The number of nitriles is 1. The van der Waals surface area contributed by atoms with E-state index in [-0.39, 0.29) is 0 Å². The van der Waals surface area contributed by atoms with Crippen molar-refractivity contribution in [3.63, 3.8) is 0 Å². The summed E-state index contributed by atoms with van der Waals surface area (Å²) in [6, 6.07) is 66.0. The van der Waals surface area contributed by atoms with Crippen LogP contribution in [0, 0.1) is 11.3 Å². The summed E-state index contributed by atoms with van der Waals surface area (Å²) in [4.78, 5) is 5.35. The Labute approximate surface area is 300 Å². The molecule has 10 rings (SSSR count). The predicted octanol–water partition coefficient (Wildman–Crippen LogP) is 12.1. The summed E-state index contributed by atoms with van der Waals surface area (Å²) >= 11 is 0. The molecule has 0 aliphatic carbocycles. The molecule has 242 valence electrons. The van der Waals surface area contributed by atoms with Crippen LogP contribution in [-0.2, 0) is 0 Å². The highest BCUT2D eigenvalue weighted by atomic mass is 15.0. The molecule has 0 spiro atoms. The molecule has 0 aliphatic rings. The average Bonchev–Trinajstić information content (AvgIpc) is 3.74. The number of aromatic nitrogens is 3. The van der Waals surface area contributed by atoms with Gasteiger partial charge < -0.3 is 9.13 Å². The zero-order chi connectivity index (χ0) is 34.6. The minimum absolute atomic E-state index is 0.636. The molecule has 4 nitrogen and oxygen atoms in total. The molecule has 0 saturated heterocycles. The van der Waals surface area contributed by atoms with Gasteiger partial charge in [0.25, 0.3) is 0 Å². The molecule has 0 fully saturated rings. The quantitative estimate of drug-likeness (QED) is 0.184. The Kier molecular flexibility index (Phi) is 6.84. The fourth-order valence-corrected chi connectivity index (χ4v) is 7.84. The van der Waals surface area contributed by atoms with Crippen LogP contribution in [0.25, 0.3) is 88.6 Å². The van der Waals surface area contributed by atoms with E-state index in [9.17, 15) is 5.26 Å². The summed E-state index contributed by atoms with van der Waals surface area (Å²) in [6.45, 7) is 0. The zero-order valence-corrected chi connectivity index (χ0v) is 28.1. The van der Waals surface area contributed by atoms with Gasteiger partial charge in [-0.2, -0.15) is 5.26 Å². The molecule has 0 unspecified atom stereocenters. The maximum atomic E-state index is 10.00. The second-order valence-electron chi connectivity index (χ2n) is 13.1. The average molecular weight is 663 g/mol. The third-order valence-electron chi connectivity index (χ3n) is 10.1. The van der Waals surface area contributed by atoms with Crippen molar-refractivity contribution in [2.75, 3.05) is 0 Å². The highest BCUT2D eigenvalue weighted by molar-refractivity contribution is 6.26. The van der Waals surface area contributed by atoms with E-state index >= 15 is 0 Å². The van der Waals surface area contributed by atoms with Gasteiger partial charge in [0.05, 0.1) is 50.8 Å². The Balaban J connectivity index is 1.33. The molecule has 0 atom stereocenters. The second-order valence-corrected chi connectivity index (χ2v) is 13.1. The van der Waals surface area contributed by atoms with E-state index in [0.29, 0.717) is 5.56 Å². The van der Waals surface area contributed by atoms with Crippen molar-refractivity contribution >= 4 is 43.6 Å². The minimum Gasteiger partial charge on any atom is -0.309 e. The van der Waals surface area contributed by atoms with E-state index in [1.165, 1.54) is 5.39 Å². The molecule has 0 radical (unpaired) electrons. The lowest BCUT2D eigenvalue weighted by atomic mass is 9.99. The first-order valence-corrected chi connectivity index (χ1v) is 17.5. The van der Waals surface area contributed by atoms with Crippen LogP contribution in [-0.4, -0.2) is 14.1 Å². The van der Waals surface area contributed by atoms with E-state index in [2.05, 4.69) is 179 Å². The Morgan fingerprint density at radius 1 is 0.442 bits per heavy atom. The lowest BCUT2D eigenvalue weighted by Gasteiger charge is -2.16. The maximum absolute atomic E-state index is 10.00. The number of benzene rings is 7. The fraction of sp³-hybridized carbons (Fsp3) is 0. The van der Waals surface area contributed by atoms with Crippen molar-refractivity contribution in [1.82, 2.24) is 14.1 Å². The van der Waals surface area contributed by atoms with Gasteiger partial charge in [0.1, 0.15) is 0 Å². The van der Waals surface area contributed by atoms with Crippen LogP contribution in [0.3, 0.4) is 0 Å². The number of hydrogen-bond donors (Lipinski definition) is 0. The van der Waals surface area contributed by atoms with E-state index in [0.717, 1.165) is 83.2 Å². The number of para-hydroxylation sites is 3. The first-order valence-electron chi connectivity index (χ1n) is 17.5. The van der Waals surface area contributed by atoms with Crippen molar-refractivity contribution in [3.05, 3.63) is 188 Å². The van der Waals surface area contributed by atoms with Crippen LogP contribution < -0.4 is 0 Å². The summed E-state index contributed by atoms with van der Waals surface area (Å²) in [5, 5.41) is 14.5. The van der Waals surface area contributed by atoms with Crippen molar-refractivity contribution < 1.29 is 0 Å². The standard InChI is InChI=1S/C48H30N4/c49-31-32-24-26-45-40(28-32)37-25-27-46-47(39-21-11-13-23-44(39)51(46)36-18-8-3-9-19-36)48(37)52(45)43-22-12-10-20-38(43)42-30-35(33-14-4-1-5-15-33)29-41(50-42)34-16-6-2-7-17-34/h1-30H. The molecule has 0 bridgehead atoms. The van der Waals surface area contributed by atoms with E-state index in [4.69, 9.17) is 4.98 Å². The summed E-state index contributed by atoms with van der Waals surface area (Å²) in [7, 11) is 0. The van der Waals surface area contributed by atoms with Crippen LogP contribution in [0.1, 0.15) is 5.56 Å². The number of fused-ring (bicyclic) bond motifs is 7. The molecule has 52 heavy (non-hydrogen) atoms. The predicted molar refractivity (Wildman–Crippen MR) is 214 cm³/mol. The summed E-state index contributed by atoms with van der Waals surface area (Å²) in [6.07, 6.45) is 0. The topological polar surface area (TPSA) is 46.5 Å². The molecule has 3 aromatic heterocycles. The van der Waals surface area contributed by atoms with Crippen LogP contribution in [0.15, 0.2) is 182 Å². The highest BCUT2D eigenvalue weighted by Gasteiger charge is 2.23. The molecule has 10 aromatic rings. The van der Waals surface area contributed by atoms with Crippen LogP contribution >= 0.6 is 0 Å². The maximum Gasteiger partial charge on any atom is 0.0991 e. The minimum atomic E-state index is 0.636. The van der Waals surface area contributed by atoms with Gasteiger partial charge in [0.15, 0.2) is 0 Å². The van der Waals surface area contributed by atoms with Gasteiger partial charge in [-0.15, -0.1) is 0 Å². The Morgan fingerprint density at radius 2 is 1.08 bits per heavy atom. The molecular formula is C48H30N4. The Bertz CT molecular complexity index is 2940. The third-order valence-corrected chi connectivity index (χ3v) is 10.1. The monoisotopic (exact) mass is 662 g/mol. The summed E-state index contributed by atoms with van der Waals surface area (Å²) < 4.78 is 4.75. The van der Waals surface area contributed by atoms with Gasteiger partial charge in [-0.3, -0.25) is 0 Å². The number of hydrogen-bond acceptors (Lipinski definition) is 2. The lowest BCUT2D eigenvalue weighted by Crippen LogP contribution is -2.00. The van der Waals surface area contributed by atoms with Crippen molar-refractivity contribution in [2.24, 2.45) is 0 Å². The molecule has 0 amide bonds. The van der Waals surface area contributed by atoms with E-state index < -0.39 is 0 Å². The number of nitrogens with zero attached hydrogens (tertiary/aromatic N) is 4. The number of rotatable bonds is 5. The van der Waals surface area contributed by atoms with Crippen LogP contribution in [0.2, 0.25) is 0 Å². The largest absolute Gasteiger partial charge is 0.309 e. The summed E-state index contributed by atoms with van der Waals surface area (Å²) in [5.74, 6) is 0. The van der Waals surface area contributed by atoms with Crippen LogP contribution in [0.4, 0.5) is 0 Å². The normalized spacial score (nSPS) is 11.4. The van der Waals surface area contributed by atoms with Gasteiger partial charge in [0, 0.05) is 38.4 Å². The SMILES string of the molecule is N#Cc1ccc2c(c1)c1ccc3c(c4ccccc4n3-c3ccccc3)c1n2-c1ccccc1-c1cc(-c2ccccc2)cc(-c2ccccc2)n1. The smallest absolute Gasteiger partial charge is 0.0991 e. The molecule has 0 aliphatic heterocycles. The van der Waals surface area contributed by atoms with Gasteiger partial charge in [0.2, 0.25) is 0 Å². The molecular weight excluding hydrogens is 633 g/mol. The van der Waals surface area contributed by atoms with E-state index in [1.807, 2.05) is 18.2 Å². The van der Waals surface area contributed by atoms with Crippen molar-refractivity contribution in [1.29, 1.82) is 5.26 Å². The van der Waals surface area contributed by atoms with Crippen molar-refractivity contribution in [3.8, 4) is 51.1 Å². The van der Waals surface area contributed by atoms with E-state index in [1.54, 1.807) is 0 Å². The highest BCUT2D eigenvalue weighted by Crippen LogP contribution is 2.44. The summed E-state index contributed by atoms with van der Waals surface area (Å²) in [5.41, 5.74) is 13.3. The second kappa shape index (κ2) is 12.0. The molecule has 0 saturated carbocycles. The first kappa shape index (κ1) is 29.7. The molecule has 0 N–H and O–H groups in total. The molecule has 4 heteroatoms. The van der Waals surface area contributed by atoms with Gasteiger partial charge in [-0.25, -0.2) is 4.98 Å². The zero-order valence-electron chi connectivity index (χ0n) is 28.1. The lowest BCUT2D eigenvalue weighted by molar-refractivity contribution is 1.17.